The number of H-pyrrole nitrogens is 1. The molecule has 3 rings (SSSR count). The molecule has 1 aromatic heterocycles. The molecule has 1 aromatic carbocycles. The van der Waals surface area contributed by atoms with Gasteiger partial charge in [-0.1, -0.05) is 17.7 Å². The van der Waals surface area contributed by atoms with E-state index in [-0.39, 0.29) is 17.7 Å². The lowest BCUT2D eigenvalue weighted by Crippen LogP contribution is -2.32. The number of aliphatic hydroxyl groups excluding tert-OH is 1. The summed E-state index contributed by atoms with van der Waals surface area (Å²) in [5, 5.41) is 20.4. The van der Waals surface area contributed by atoms with E-state index in [0.29, 0.717) is 24.5 Å². The van der Waals surface area contributed by atoms with E-state index >= 15 is 0 Å². The van der Waals surface area contributed by atoms with Crippen LogP contribution in [-0.2, 0) is 0 Å². The van der Waals surface area contributed by atoms with E-state index in [4.69, 9.17) is 0 Å². The predicted molar refractivity (Wildman–Crippen MR) is 95.7 cm³/mol. The van der Waals surface area contributed by atoms with Gasteiger partial charge in [0.15, 0.2) is 0 Å². The first-order valence-corrected chi connectivity index (χ1v) is 8.56. The fraction of sp³-hybridized carbons (Fsp3) is 0.500. The number of aryl methyl sites for hydroxylation is 1. The summed E-state index contributed by atoms with van der Waals surface area (Å²) in [6.07, 6.45) is 0.959. The van der Waals surface area contributed by atoms with Crippen molar-refractivity contribution < 1.29 is 9.90 Å². The van der Waals surface area contributed by atoms with Crippen molar-refractivity contribution in [3.8, 4) is 0 Å². The maximum absolute atomic E-state index is 12.3. The van der Waals surface area contributed by atoms with Crippen LogP contribution in [0.2, 0.25) is 0 Å². The largest absolute Gasteiger partial charge is 0.393 e. The van der Waals surface area contributed by atoms with Crippen molar-refractivity contribution in [1.82, 2.24) is 20.5 Å². The van der Waals surface area contributed by atoms with Gasteiger partial charge in [0, 0.05) is 38.0 Å². The number of aliphatic hydroxyl groups is 1. The number of amides is 1. The van der Waals surface area contributed by atoms with Crippen LogP contribution in [0.5, 0.6) is 0 Å². The van der Waals surface area contributed by atoms with Crippen LogP contribution >= 0.6 is 0 Å². The summed E-state index contributed by atoms with van der Waals surface area (Å²) in [5.74, 6) is 1.49. The molecule has 0 bridgehead atoms. The van der Waals surface area contributed by atoms with Gasteiger partial charge in [0.25, 0.3) is 5.91 Å². The van der Waals surface area contributed by atoms with Crippen molar-refractivity contribution in [3.05, 3.63) is 41.2 Å². The highest BCUT2D eigenvalue weighted by Crippen LogP contribution is 2.37. The van der Waals surface area contributed by atoms with E-state index in [1.807, 2.05) is 44.1 Å². The highest BCUT2D eigenvalue weighted by molar-refractivity contribution is 5.94. The molecule has 7 nitrogen and oxygen atoms in total. The quantitative estimate of drug-likeness (QED) is 0.764. The minimum Gasteiger partial charge on any atom is -0.393 e. The van der Waals surface area contributed by atoms with Crippen molar-refractivity contribution in [2.45, 2.75) is 31.8 Å². The van der Waals surface area contributed by atoms with Crippen LogP contribution in [0.4, 0.5) is 5.95 Å². The Kier molecular flexibility index (Phi) is 5.03. The Bertz CT molecular complexity index is 743. The number of benzene rings is 1. The lowest BCUT2D eigenvalue weighted by Gasteiger charge is -2.15. The van der Waals surface area contributed by atoms with Gasteiger partial charge < -0.3 is 15.3 Å². The van der Waals surface area contributed by atoms with E-state index in [1.54, 1.807) is 6.07 Å². The van der Waals surface area contributed by atoms with Crippen LogP contribution in [0.3, 0.4) is 0 Å². The van der Waals surface area contributed by atoms with Crippen LogP contribution in [0.25, 0.3) is 0 Å². The Morgan fingerprint density at radius 3 is 2.88 bits per heavy atom. The first-order chi connectivity index (χ1) is 11.9. The van der Waals surface area contributed by atoms with Gasteiger partial charge in [0.2, 0.25) is 5.95 Å². The molecule has 7 heteroatoms. The lowest BCUT2D eigenvalue weighted by atomic mass is 10.0. The van der Waals surface area contributed by atoms with Gasteiger partial charge in [0.05, 0.1) is 6.10 Å². The molecule has 0 saturated heterocycles. The third kappa shape index (κ3) is 3.99. The Morgan fingerprint density at radius 1 is 1.40 bits per heavy atom. The normalized spacial score (nSPS) is 22.8. The molecule has 3 atom stereocenters. The zero-order chi connectivity index (χ0) is 18.0. The lowest BCUT2D eigenvalue weighted by molar-refractivity contribution is 0.0916. The van der Waals surface area contributed by atoms with Crippen LogP contribution in [-0.4, -0.2) is 52.9 Å². The van der Waals surface area contributed by atoms with Crippen molar-refractivity contribution in [2.75, 3.05) is 25.5 Å². The first kappa shape index (κ1) is 17.4. The number of aromatic amines is 1. The molecular weight excluding hydrogens is 318 g/mol. The molecule has 0 unspecified atom stereocenters. The fourth-order valence-electron chi connectivity index (χ4n) is 3.31. The number of nitrogens with zero attached hydrogens (tertiary/aromatic N) is 3. The molecule has 2 aromatic rings. The van der Waals surface area contributed by atoms with E-state index in [0.717, 1.165) is 17.8 Å². The molecule has 0 spiro atoms. The number of carbonyl (C=O) groups excluding carboxylic acids is 1. The summed E-state index contributed by atoms with van der Waals surface area (Å²) in [7, 11) is 3.78. The molecule has 1 fully saturated rings. The Hall–Kier alpha value is -2.41. The number of aromatic nitrogens is 3. The van der Waals surface area contributed by atoms with Crippen molar-refractivity contribution in [1.29, 1.82) is 0 Å². The van der Waals surface area contributed by atoms with Gasteiger partial charge in [0.1, 0.15) is 5.82 Å². The third-order valence-electron chi connectivity index (χ3n) is 4.74. The van der Waals surface area contributed by atoms with Crippen LogP contribution in [0.15, 0.2) is 24.3 Å². The summed E-state index contributed by atoms with van der Waals surface area (Å²) in [5.41, 5.74) is 1.70. The number of rotatable bonds is 5. The second-order valence-corrected chi connectivity index (χ2v) is 6.99. The van der Waals surface area contributed by atoms with Crippen LogP contribution in [0, 0.1) is 12.8 Å². The summed E-state index contributed by atoms with van der Waals surface area (Å²) in [4.78, 5) is 18.6. The number of nitrogens with one attached hydrogen (secondary N) is 2. The minimum atomic E-state index is -0.448. The molecule has 1 heterocycles. The van der Waals surface area contributed by atoms with Crippen LogP contribution < -0.4 is 10.2 Å². The summed E-state index contributed by atoms with van der Waals surface area (Å²) < 4.78 is 0. The van der Waals surface area contributed by atoms with Crippen molar-refractivity contribution in [3.63, 3.8) is 0 Å². The molecule has 0 aliphatic heterocycles. The molecule has 0 radical (unpaired) electrons. The van der Waals surface area contributed by atoms with Gasteiger partial charge in [-0.25, -0.2) is 0 Å². The van der Waals surface area contributed by atoms with Gasteiger partial charge in [-0.05, 0) is 31.9 Å². The second-order valence-electron chi connectivity index (χ2n) is 6.99. The predicted octanol–water partition coefficient (Wildman–Crippen LogP) is 1.46. The first-order valence-electron chi connectivity index (χ1n) is 8.56. The van der Waals surface area contributed by atoms with Gasteiger partial charge >= 0.3 is 0 Å². The number of hydrogen-bond donors (Lipinski definition) is 3. The number of hydrogen-bond acceptors (Lipinski definition) is 5. The molecule has 3 N–H and O–H groups in total. The number of anilines is 1. The van der Waals surface area contributed by atoms with Gasteiger partial charge in [-0.15, -0.1) is 5.10 Å². The van der Waals surface area contributed by atoms with Crippen molar-refractivity contribution in [2.24, 2.45) is 5.92 Å². The standard InChI is InChI=1S/C18H25N5O2/c1-11-5-4-6-12(7-11)17(25)19-10-14-8-13(9-15(14)24)16-20-18(22-21-16)23(2)3/h4-7,13-15,24H,8-10H2,1-3H3,(H,19,25)(H,20,21,22)/t13-,14+,15+/m0/s1. The summed E-state index contributed by atoms with van der Waals surface area (Å²) in [6.45, 7) is 2.42. The SMILES string of the molecule is Cc1cccc(C(=O)NC[C@H]2C[C@H](c3nc(N(C)C)n[nH]3)C[C@H]2O)c1. The zero-order valence-corrected chi connectivity index (χ0v) is 14.9. The average molecular weight is 343 g/mol. The monoisotopic (exact) mass is 343 g/mol. The topological polar surface area (TPSA) is 94.1 Å². The molecular formula is C18H25N5O2. The molecule has 1 saturated carbocycles. The maximum atomic E-state index is 12.3. The zero-order valence-electron chi connectivity index (χ0n) is 14.9. The highest BCUT2D eigenvalue weighted by atomic mass is 16.3. The Morgan fingerprint density at radius 2 is 2.20 bits per heavy atom. The minimum absolute atomic E-state index is 0.0201. The van der Waals surface area contributed by atoms with E-state index < -0.39 is 6.10 Å². The van der Waals surface area contributed by atoms with Gasteiger partial charge in [-0.2, -0.15) is 4.98 Å². The Labute approximate surface area is 147 Å². The second kappa shape index (κ2) is 7.23. The third-order valence-corrected chi connectivity index (χ3v) is 4.74. The fourth-order valence-corrected chi connectivity index (χ4v) is 3.31. The molecule has 1 amide bonds. The smallest absolute Gasteiger partial charge is 0.251 e. The Balaban J connectivity index is 1.57. The highest BCUT2D eigenvalue weighted by Gasteiger charge is 2.35. The molecule has 134 valence electrons. The molecule has 1 aliphatic rings. The van der Waals surface area contributed by atoms with E-state index in [2.05, 4.69) is 20.5 Å². The van der Waals surface area contributed by atoms with Crippen molar-refractivity contribution >= 4 is 11.9 Å². The molecule has 25 heavy (non-hydrogen) atoms. The van der Waals surface area contributed by atoms with E-state index in [9.17, 15) is 9.90 Å². The maximum Gasteiger partial charge on any atom is 0.251 e. The molecule has 1 aliphatic carbocycles. The summed E-state index contributed by atoms with van der Waals surface area (Å²) in [6, 6.07) is 7.49. The van der Waals surface area contributed by atoms with E-state index in [1.165, 1.54) is 0 Å². The summed E-state index contributed by atoms with van der Waals surface area (Å²) >= 11 is 0. The average Bonchev–Trinajstić information content (AvgIpc) is 3.19. The number of carbonyl (C=O) groups is 1. The van der Waals surface area contributed by atoms with Crippen LogP contribution in [0.1, 0.15) is 40.5 Å². The van der Waals surface area contributed by atoms with Gasteiger partial charge in [-0.3, -0.25) is 9.89 Å².